The SMILES string of the molecule is N#Cc1ccc(C(=O)N[C@@H](CCCN[C@@H]2C[C@H]2c2ccc(F)cc2)C(=O)N2CCNCC2)cc1. The first-order chi connectivity index (χ1) is 16.5. The van der Waals surface area contributed by atoms with Gasteiger partial charge in [-0.3, -0.25) is 9.59 Å². The fraction of sp³-hybridized carbons (Fsp3) is 0.423. The predicted molar refractivity (Wildman–Crippen MR) is 127 cm³/mol. The zero-order valence-corrected chi connectivity index (χ0v) is 19.1. The molecule has 2 fully saturated rings. The van der Waals surface area contributed by atoms with E-state index >= 15 is 0 Å². The van der Waals surface area contributed by atoms with Gasteiger partial charge < -0.3 is 20.9 Å². The smallest absolute Gasteiger partial charge is 0.251 e. The number of nitriles is 1. The highest BCUT2D eigenvalue weighted by molar-refractivity contribution is 5.97. The molecule has 3 atom stereocenters. The molecule has 2 amide bonds. The van der Waals surface area contributed by atoms with Gasteiger partial charge in [0.25, 0.3) is 5.91 Å². The van der Waals surface area contributed by atoms with E-state index in [1.807, 2.05) is 18.2 Å². The molecule has 3 N–H and O–H groups in total. The molecule has 0 spiro atoms. The number of piperazine rings is 1. The number of hydrogen-bond donors (Lipinski definition) is 3. The summed E-state index contributed by atoms with van der Waals surface area (Å²) >= 11 is 0. The Kier molecular flexibility index (Phi) is 7.88. The summed E-state index contributed by atoms with van der Waals surface area (Å²) in [5, 5.41) is 18.6. The largest absolute Gasteiger partial charge is 0.340 e. The van der Waals surface area contributed by atoms with E-state index < -0.39 is 6.04 Å². The van der Waals surface area contributed by atoms with Crippen LogP contribution in [0.1, 0.15) is 46.7 Å². The van der Waals surface area contributed by atoms with Gasteiger partial charge in [-0.2, -0.15) is 5.26 Å². The van der Waals surface area contributed by atoms with E-state index in [1.54, 1.807) is 29.2 Å². The molecule has 1 saturated heterocycles. The lowest BCUT2D eigenvalue weighted by Gasteiger charge is -2.31. The maximum atomic E-state index is 13.2. The summed E-state index contributed by atoms with van der Waals surface area (Å²) in [6.45, 7) is 3.48. The highest BCUT2D eigenvalue weighted by atomic mass is 19.1. The van der Waals surface area contributed by atoms with Crippen molar-refractivity contribution < 1.29 is 14.0 Å². The minimum absolute atomic E-state index is 0.0564. The van der Waals surface area contributed by atoms with Crippen LogP contribution >= 0.6 is 0 Å². The lowest BCUT2D eigenvalue weighted by atomic mass is 10.1. The van der Waals surface area contributed by atoms with Crippen LogP contribution < -0.4 is 16.0 Å². The third kappa shape index (κ3) is 6.19. The molecule has 2 aromatic rings. The van der Waals surface area contributed by atoms with Crippen molar-refractivity contribution in [3.8, 4) is 6.07 Å². The summed E-state index contributed by atoms with van der Waals surface area (Å²) < 4.78 is 13.1. The number of carbonyl (C=O) groups is 2. The number of amides is 2. The van der Waals surface area contributed by atoms with Gasteiger partial charge in [0, 0.05) is 43.7 Å². The quantitative estimate of drug-likeness (QED) is 0.495. The van der Waals surface area contributed by atoms with E-state index in [2.05, 4.69) is 16.0 Å². The molecule has 0 bridgehead atoms. The molecule has 1 aliphatic heterocycles. The number of halogens is 1. The number of rotatable bonds is 9. The molecule has 7 nitrogen and oxygen atoms in total. The van der Waals surface area contributed by atoms with Crippen molar-refractivity contribution in [3.63, 3.8) is 0 Å². The maximum absolute atomic E-state index is 13.2. The molecule has 1 heterocycles. The highest BCUT2D eigenvalue weighted by Gasteiger charge is 2.37. The highest BCUT2D eigenvalue weighted by Crippen LogP contribution is 2.40. The number of nitrogens with zero attached hydrogens (tertiary/aromatic N) is 2. The van der Waals surface area contributed by atoms with E-state index in [4.69, 9.17) is 5.26 Å². The molecule has 1 saturated carbocycles. The minimum Gasteiger partial charge on any atom is -0.340 e. The van der Waals surface area contributed by atoms with Crippen LogP contribution in [0.4, 0.5) is 4.39 Å². The van der Waals surface area contributed by atoms with Gasteiger partial charge in [-0.25, -0.2) is 4.39 Å². The number of hydrogen-bond acceptors (Lipinski definition) is 5. The molecule has 0 radical (unpaired) electrons. The van der Waals surface area contributed by atoms with Crippen LogP contribution in [0.2, 0.25) is 0 Å². The Bertz CT molecular complexity index is 1030. The molecular weight excluding hydrogens is 433 g/mol. The zero-order chi connectivity index (χ0) is 23.9. The van der Waals surface area contributed by atoms with Crippen molar-refractivity contribution in [3.05, 3.63) is 71.0 Å². The molecular formula is C26H30FN5O2. The van der Waals surface area contributed by atoms with Gasteiger partial charge in [0.15, 0.2) is 0 Å². The van der Waals surface area contributed by atoms with E-state index in [0.717, 1.165) is 38.0 Å². The summed E-state index contributed by atoms with van der Waals surface area (Å²) in [6, 6.07) is 14.9. The maximum Gasteiger partial charge on any atom is 0.251 e. The van der Waals surface area contributed by atoms with Gasteiger partial charge in [0.05, 0.1) is 11.6 Å². The Labute approximate surface area is 199 Å². The van der Waals surface area contributed by atoms with Crippen LogP contribution in [0.15, 0.2) is 48.5 Å². The van der Waals surface area contributed by atoms with E-state index in [0.29, 0.717) is 42.6 Å². The minimum atomic E-state index is -0.602. The standard InChI is InChI=1S/C26H30FN5O2/c27-21-9-7-19(8-10-21)22-16-24(22)30-11-1-2-23(26(34)32-14-12-29-13-15-32)31-25(33)20-5-3-18(17-28)4-6-20/h3-10,22-24,29-30H,1-2,11-16H2,(H,31,33)/t22-,23-,24+/m0/s1. The van der Waals surface area contributed by atoms with Crippen LogP contribution in [0.5, 0.6) is 0 Å². The average molecular weight is 464 g/mol. The van der Waals surface area contributed by atoms with Crippen molar-refractivity contribution in [2.24, 2.45) is 0 Å². The lowest BCUT2D eigenvalue weighted by molar-refractivity contribution is -0.134. The Morgan fingerprint density at radius 3 is 2.50 bits per heavy atom. The zero-order valence-electron chi connectivity index (χ0n) is 19.1. The lowest BCUT2D eigenvalue weighted by Crippen LogP contribution is -2.54. The molecule has 2 aromatic carbocycles. The molecule has 34 heavy (non-hydrogen) atoms. The predicted octanol–water partition coefficient (Wildman–Crippen LogP) is 2.15. The molecule has 2 aliphatic rings. The summed E-state index contributed by atoms with van der Waals surface area (Å²) in [5.74, 6) is -0.198. The van der Waals surface area contributed by atoms with E-state index in [-0.39, 0.29) is 17.6 Å². The normalized spacial score (nSPS) is 20.3. The van der Waals surface area contributed by atoms with E-state index in [1.165, 1.54) is 12.1 Å². The Morgan fingerprint density at radius 1 is 1.12 bits per heavy atom. The van der Waals surface area contributed by atoms with Gasteiger partial charge in [-0.15, -0.1) is 0 Å². The van der Waals surface area contributed by atoms with Crippen molar-refractivity contribution in [1.29, 1.82) is 5.26 Å². The first-order valence-corrected chi connectivity index (χ1v) is 11.8. The summed E-state index contributed by atoms with van der Waals surface area (Å²) in [7, 11) is 0. The Morgan fingerprint density at radius 2 is 1.82 bits per heavy atom. The second-order valence-electron chi connectivity index (χ2n) is 8.89. The Balaban J connectivity index is 1.30. The molecule has 178 valence electrons. The number of nitrogens with one attached hydrogen (secondary N) is 3. The summed E-state index contributed by atoms with van der Waals surface area (Å²) in [4.78, 5) is 27.8. The van der Waals surface area contributed by atoms with Crippen LogP contribution in [0.3, 0.4) is 0 Å². The molecule has 0 aromatic heterocycles. The summed E-state index contributed by atoms with van der Waals surface area (Å²) in [6.07, 6.45) is 2.29. The van der Waals surface area contributed by atoms with Gasteiger partial charge in [-0.1, -0.05) is 12.1 Å². The number of carbonyl (C=O) groups excluding carboxylic acids is 2. The van der Waals surface area contributed by atoms with Gasteiger partial charge in [0.2, 0.25) is 5.91 Å². The van der Waals surface area contributed by atoms with Crippen molar-refractivity contribution in [2.75, 3.05) is 32.7 Å². The summed E-state index contributed by atoms with van der Waals surface area (Å²) in [5.41, 5.74) is 2.05. The third-order valence-corrected chi connectivity index (χ3v) is 6.47. The van der Waals surface area contributed by atoms with Gasteiger partial charge in [0.1, 0.15) is 11.9 Å². The topological polar surface area (TPSA) is 97.3 Å². The van der Waals surface area contributed by atoms with Crippen LogP contribution in [-0.2, 0) is 4.79 Å². The first-order valence-electron chi connectivity index (χ1n) is 11.8. The van der Waals surface area contributed by atoms with Gasteiger partial charge in [-0.05, 0) is 67.8 Å². The average Bonchev–Trinajstić information content (AvgIpc) is 3.66. The fourth-order valence-corrected chi connectivity index (χ4v) is 4.39. The van der Waals surface area contributed by atoms with Gasteiger partial charge >= 0.3 is 0 Å². The van der Waals surface area contributed by atoms with Crippen molar-refractivity contribution >= 4 is 11.8 Å². The monoisotopic (exact) mass is 463 g/mol. The third-order valence-electron chi connectivity index (χ3n) is 6.47. The molecule has 8 heteroatoms. The first kappa shape index (κ1) is 23.9. The van der Waals surface area contributed by atoms with Crippen LogP contribution in [-0.4, -0.2) is 61.5 Å². The van der Waals surface area contributed by atoms with Crippen molar-refractivity contribution in [1.82, 2.24) is 20.9 Å². The molecule has 1 aliphatic carbocycles. The van der Waals surface area contributed by atoms with Crippen LogP contribution in [0.25, 0.3) is 0 Å². The van der Waals surface area contributed by atoms with Crippen molar-refractivity contribution in [2.45, 2.75) is 37.3 Å². The second kappa shape index (κ2) is 11.2. The van der Waals surface area contributed by atoms with Crippen LogP contribution in [0, 0.1) is 17.1 Å². The Hall–Kier alpha value is -3.28. The fourth-order valence-electron chi connectivity index (χ4n) is 4.39. The molecule has 0 unspecified atom stereocenters. The second-order valence-corrected chi connectivity index (χ2v) is 8.89. The van der Waals surface area contributed by atoms with E-state index in [9.17, 15) is 14.0 Å². The molecule has 4 rings (SSSR count). The number of benzene rings is 2.